The number of fused-ring (bicyclic) bond motifs is 6. The van der Waals surface area contributed by atoms with Crippen molar-refractivity contribution in [3.63, 3.8) is 0 Å². The third kappa shape index (κ3) is 12.7. The topological polar surface area (TPSA) is 98.8 Å². The highest BCUT2D eigenvalue weighted by atomic mass is 16.5. The first-order valence-corrected chi connectivity index (χ1v) is 29.7. The summed E-state index contributed by atoms with van der Waals surface area (Å²) in [6.07, 6.45) is 10.4. The lowest BCUT2D eigenvalue weighted by Crippen LogP contribution is -2.11. The van der Waals surface area contributed by atoms with Crippen LogP contribution < -0.4 is 23.8 Å². The van der Waals surface area contributed by atoms with E-state index in [9.17, 15) is 0 Å². The van der Waals surface area contributed by atoms with Crippen LogP contribution in [0.3, 0.4) is 0 Å². The van der Waals surface area contributed by atoms with Gasteiger partial charge in [0.15, 0.2) is 0 Å². The summed E-state index contributed by atoms with van der Waals surface area (Å²) in [6.45, 7) is 16.5. The zero-order valence-corrected chi connectivity index (χ0v) is 48.2. The minimum absolute atomic E-state index is 0.352. The van der Waals surface area contributed by atoms with Crippen molar-refractivity contribution in [2.24, 2.45) is 5.11 Å². The van der Waals surface area contributed by atoms with Crippen molar-refractivity contribution in [3.05, 3.63) is 197 Å². The van der Waals surface area contributed by atoms with E-state index in [0.29, 0.717) is 44.8 Å². The Kier molecular flexibility index (Phi) is 18.5. The zero-order valence-electron chi connectivity index (χ0n) is 48.2. The number of aromatic nitrogens is 2. The van der Waals surface area contributed by atoms with Crippen LogP contribution in [0, 0.1) is 0 Å². The molecule has 416 valence electrons. The predicted octanol–water partition coefficient (Wildman–Crippen LogP) is 20.6. The largest absolute Gasteiger partial charge is 0.494 e. The lowest BCUT2D eigenvalue weighted by Gasteiger charge is -2.27. The van der Waals surface area contributed by atoms with Gasteiger partial charge < -0.3 is 33.0 Å². The normalized spacial score (nSPS) is 12.2. The highest BCUT2D eigenvalue weighted by Gasteiger charge is 2.21. The van der Waals surface area contributed by atoms with Crippen LogP contribution in [0.25, 0.3) is 65.4 Å². The number of benzene rings is 8. The molecule has 2 unspecified atom stereocenters. The van der Waals surface area contributed by atoms with E-state index in [1.807, 2.05) is 0 Å². The van der Waals surface area contributed by atoms with E-state index < -0.39 is 0 Å². The van der Waals surface area contributed by atoms with Crippen molar-refractivity contribution < 1.29 is 18.9 Å². The Morgan fingerprint density at radius 3 is 1.12 bits per heavy atom. The number of ether oxygens (including phenoxy) is 4. The van der Waals surface area contributed by atoms with E-state index in [4.69, 9.17) is 24.5 Å². The molecule has 0 fully saturated rings. The zero-order chi connectivity index (χ0) is 56.1. The quantitative estimate of drug-likeness (QED) is 0.0211. The second-order valence-electron chi connectivity index (χ2n) is 21.5. The van der Waals surface area contributed by atoms with Crippen molar-refractivity contribution in [3.8, 4) is 34.4 Å². The van der Waals surface area contributed by atoms with Gasteiger partial charge in [-0.2, -0.15) is 0 Å². The lowest BCUT2D eigenvalue weighted by atomic mass is 9.84. The number of hydrogen-bond acceptors (Lipinski definition) is 6. The van der Waals surface area contributed by atoms with Crippen molar-refractivity contribution in [2.75, 3.05) is 31.3 Å². The van der Waals surface area contributed by atoms with E-state index in [1.165, 1.54) is 11.1 Å². The van der Waals surface area contributed by atoms with Crippen LogP contribution in [0.2, 0.25) is 0 Å². The summed E-state index contributed by atoms with van der Waals surface area (Å²) in [7, 11) is 0. The summed E-state index contributed by atoms with van der Waals surface area (Å²) >= 11 is 0. The fourth-order valence-corrected chi connectivity index (χ4v) is 11.2. The molecule has 2 atom stereocenters. The second-order valence-corrected chi connectivity index (χ2v) is 21.5. The van der Waals surface area contributed by atoms with E-state index in [1.54, 1.807) is 0 Å². The Labute approximate surface area is 478 Å². The minimum Gasteiger partial charge on any atom is -0.494 e. The molecule has 2 aromatic heterocycles. The molecule has 2 heterocycles. The molecule has 10 aromatic rings. The van der Waals surface area contributed by atoms with Crippen LogP contribution in [0.1, 0.15) is 134 Å². The molecule has 0 N–H and O–H groups in total. The maximum atomic E-state index is 8.83. The van der Waals surface area contributed by atoms with Gasteiger partial charge in [0.25, 0.3) is 0 Å². The molecule has 8 aromatic carbocycles. The third-order valence-corrected chi connectivity index (χ3v) is 15.8. The summed E-state index contributed by atoms with van der Waals surface area (Å²) in [5, 5.41) is 8.29. The van der Waals surface area contributed by atoms with E-state index >= 15 is 0 Å². The first-order chi connectivity index (χ1) is 39.8. The molecule has 0 amide bonds. The molecule has 0 aliphatic rings. The summed E-state index contributed by atoms with van der Waals surface area (Å²) in [5.74, 6) is 4.25. The first-order valence-electron chi connectivity index (χ1n) is 29.7. The SMILES string of the molecule is CCCCOc1ccc2c(c1)c1cc(OCCCC)ccc1n2-c1ccc(N(c2ccc(C(CC)CC(C)c3ccc(CN=[N+]=[N-])cc3)cc2)c2ccc(-n3c4ccc(OCCCC)cc4c4cc(OCCCC)ccc43)cc2)cc1. The van der Waals surface area contributed by atoms with Crippen molar-refractivity contribution in [2.45, 2.75) is 124 Å². The molecule has 10 nitrogen and oxygen atoms in total. The van der Waals surface area contributed by atoms with Crippen molar-refractivity contribution in [1.29, 1.82) is 0 Å². The molecule has 0 radical (unpaired) electrons. The van der Waals surface area contributed by atoms with Crippen LogP contribution in [0.5, 0.6) is 23.0 Å². The monoisotopic (exact) mass is 1080 g/mol. The smallest absolute Gasteiger partial charge is 0.120 e. The molecular formula is C71H78N6O4. The number of nitrogens with zero attached hydrogens (tertiary/aromatic N) is 6. The summed E-state index contributed by atoms with van der Waals surface area (Å²) in [5.41, 5.74) is 22.2. The van der Waals surface area contributed by atoms with Gasteiger partial charge in [0.2, 0.25) is 0 Å². The first kappa shape index (κ1) is 56.0. The number of azide groups is 1. The van der Waals surface area contributed by atoms with Gasteiger partial charge in [-0.3, -0.25) is 0 Å². The average Bonchev–Trinajstić information content (AvgIpc) is 3.96. The predicted molar refractivity (Wildman–Crippen MR) is 337 cm³/mol. The molecule has 0 saturated heterocycles. The van der Waals surface area contributed by atoms with E-state index in [-0.39, 0.29) is 0 Å². The van der Waals surface area contributed by atoms with Gasteiger partial charge in [0, 0.05) is 54.9 Å². The van der Waals surface area contributed by atoms with Crippen molar-refractivity contribution in [1.82, 2.24) is 9.13 Å². The minimum atomic E-state index is 0.352. The summed E-state index contributed by atoms with van der Waals surface area (Å²) < 4.78 is 29.8. The summed E-state index contributed by atoms with van der Waals surface area (Å²) in [6, 6.07) is 61.7. The van der Waals surface area contributed by atoms with Gasteiger partial charge in [-0.1, -0.05) is 109 Å². The fourth-order valence-electron chi connectivity index (χ4n) is 11.2. The van der Waals surface area contributed by atoms with E-state index in [2.05, 4.69) is 235 Å². The molecule has 10 rings (SSSR count). The average molecular weight is 1080 g/mol. The third-order valence-electron chi connectivity index (χ3n) is 15.8. The number of unbranched alkanes of at least 4 members (excludes halogenated alkanes) is 4. The highest BCUT2D eigenvalue weighted by molar-refractivity contribution is 6.11. The number of anilines is 3. The maximum Gasteiger partial charge on any atom is 0.120 e. The Morgan fingerprint density at radius 1 is 0.444 bits per heavy atom. The van der Waals surface area contributed by atoms with Crippen LogP contribution >= 0.6 is 0 Å². The highest BCUT2D eigenvalue weighted by Crippen LogP contribution is 2.42. The molecule has 0 aliphatic carbocycles. The Balaban J connectivity index is 1.03. The van der Waals surface area contributed by atoms with Crippen LogP contribution in [-0.4, -0.2) is 35.6 Å². The van der Waals surface area contributed by atoms with Crippen LogP contribution in [-0.2, 0) is 6.54 Å². The number of rotatable bonds is 28. The van der Waals surface area contributed by atoms with Crippen LogP contribution in [0.15, 0.2) is 175 Å². The maximum absolute atomic E-state index is 8.83. The molecule has 10 heteroatoms. The van der Waals surface area contributed by atoms with Gasteiger partial charge in [-0.15, -0.1) is 0 Å². The van der Waals surface area contributed by atoms with Gasteiger partial charge in [0.05, 0.1) is 55.0 Å². The van der Waals surface area contributed by atoms with Crippen LogP contribution in [0.4, 0.5) is 17.1 Å². The number of hydrogen-bond donors (Lipinski definition) is 0. The lowest BCUT2D eigenvalue weighted by molar-refractivity contribution is 0.309. The molecule has 0 bridgehead atoms. The molecule has 81 heavy (non-hydrogen) atoms. The fraction of sp³-hybridized carbons (Fsp3) is 0.324. The summed E-state index contributed by atoms with van der Waals surface area (Å²) in [4.78, 5) is 5.31. The van der Waals surface area contributed by atoms with E-state index in [0.717, 1.165) is 165 Å². The molecule has 0 aliphatic heterocycles. The standard InChI is InChI=1S/C71H78N6O4/c1-7-12-40-78-60-32-36-68-64(45-60)65-46-61(79-41-13-8-2)33-37-69(65)76(68)58-28-24-56(25-29-58)75(55-22-20-54(21-23-55)52(11-5)44-50(6)53-18-16-51(17-19-53)49-73-74-72)57-26-30-59(31-27-57)77-70-38-34-62(80-42-14-9-3)47-66(70)67-48-63(35-39-71(67)77)81-43-15-10-4/h16-39,45-48,50,52H,7-15,40-44,49H2,1-6H3. The van der Waals surface area contributed by atoms with Gasteiger partial charge in [0.1, 0.15) is 23.0 Å². The molecular weight excluding hydrogens is 1000 g/mol. The van der Waals surface area contributed by atoms with Gasteiger partial charge >= 0.3 is 0 Å². The van der Waals surface area contributed by atoms with Gasteiger partial charge in [-0.25, -0.2) is 0 Å². The Hall–Kier alpha value is -8.33. The molecule has 0 saturated carbocycles. The van der Waals surface area contributed by atoms with Crippen molar-refractivity contribution >= 4 is 60.7 Å². The second kappa shape index (κ2) is 26.8. The Bertz CT molecular complexity index is 3410. The Morgan fingerprint density at radius 2 is 0.790 bits per heavy atom. The van der Waals surface area contributed by atoms with Gasteiger partial charge in [-0.05, 0) is 206 Å². The molecule has 0 spiro atoms.